The van der Waals surface area contributed by atoms with Crippen molar-refractivity contribution in [1.29, 1.82) is 0 Å². The van der Waals surface area contributed by atoms with Crippen LogP contribution in [0.25, 0.3) is 0 Å². The van der Waals surface area contributed by atoms with Crippen molar-refractivity contribution in [2.75, 3.05) is 13.2 Å². The van der Waals surface area contributed by atoms with Gasteiger partial charge < -0.3 is 14.2 Å². The molecule has 1 unspecified atom stereocenters. The number of carbonyl (C=O) groups is 3. The van der Waals surface area contributed by atoms with Gasteiger partial charge in [0.2, 0.25) is 0 Å². The first-order valence-corrected chi connectivity index (χ1v) is 26.1. The van der Waals surface area contributed by atoms with Gasteiger partial charge in [0.25, 0.3) is 0 Å². The number of esters is 3. The van der Waals surface area contributed by atoms with E-state index in [-0.39, 0.29) is 44.0 Å². The van der Waals surface area contributed by atoms with Crippen molar-refractivity contribution >= 4 is 17.9 Å². The number of ether oxygens (including phenoxy) is 3. The monoisotopic (exact) mass is 943 g/mol. The van der Waals surface area contributed by atoms with E-state index in [9.17, 15) is 14.4 Å². The fourth-order valence-electron chi connectivity index (χ4n) is 6.02. The molecule has 0 aromatic heterocycles. The quantitative estimate of drug-likeness (QED) is 0.0199. The first-order chi connectivity index (χ1) is 34.0. The number of carbonyl (C=O) groups excluding carboxylic acids is 3. The molecule has 0 heterocycles. The Morgan fingerprint density at radius 1 is 0.319 bits per heavy atom. The minimum Gasteiger partial charge on any atom is -0.462 e. The molecule has 0 radical (unpaired) electrons. The lowest BCUT2D eigenvalue weighted by Gasteiger charge is -2.18. The summed E-state index contributed by atoms with van der Waals surface area (Å²) in [7, 11) is 0. The lowest BCUT2D eigenvalue weighted by molar-refractivity contribution is -0.166. The molecule has 0 rings (SSSR count). The summed E-state index contributed by atoms with van der Waals surface area (Å²) in [6.45, 7) is 6.12. The smallest absolute Gasteiger partial charge is 0.306 e. The fraction of sp³-hybridized carbons (Fsp3) is 0.444. The molecule has 0 aliphatic rings. The summed E-state index contributed by atoms with van der Waals surface area (Å²) in [4.78, 5) is 38.0. The van der Waals surface area contributed by atoms with Gasteiger partial charge in [-0.1, -0.05) is 247 Å². The topological polar surface area (TPSA) is 78.9 Å². The number of hydrogen-bond acceptors (Lipinski definition) is 6. The van der Waals surface area contributed by atoms with E-state index in [1.807, 2.05) is 109 Å². The van der Waals surface area contributed by atoms with Crippen LogP contribution in [0.1, 0.15) is 162 Å². The zero-order chi connectivity index (χ0) is 50.0. The second-order valence-electron chi connectivity index (χ2n) is 16.2. The molecule has 0 aliphatic carbocycles. The third-order valence-electron chi connectivity index (χ3n) is 9.85. The normalized spacial score (nSPS) is 13.7. The van der Waals surface area contributed by atoms with Crippen molar-refractivity contribution in [2.45, 2.75) is 168 Å². The summed E-state index contributed by atoms with van der Waals surface area (Å²) < 4.78 is 16.7. The van der Waals surface area contributed by atoms with Gasteiger partial charge in [-0.2, -0.15) is 0 Å². The highest BCUT2D eigenvalue weighted by atomic mass is 16.6. The Morgan fingerprint density at radius 2 is 0.667 bits per heavy atom. The highest BCUT2D eigenvalue weighted by molar-refractivity contribution is 5.71. The van der Waals surface area contributed by atoms with Gasteiger partial charge in [-0.05, 0) is 89.9 Å². The van der Waals surface area contributed by atoms with Crippen molar-refractivity contribution in [1.82, 2.24) is 0 Å². The SMILES string of the molecule is CC\C=C/C=C\C=C/C=C\C=C\C=C/CCCCCC(=O)OC(COC(=O)CC/C=C\C/C=C\C/C=C\C/C=C\C/C=C\CC)COC(=O)CCCCCCC\C=C/C=C\C=C/C=C\C=C/CCC. The molecule has 0 aliphatic heterocycles. The van der Waals surface area contributed by atoms with Crippen LogP contribution in [0, 0.1) is 0 Å². The largest absolute Gasteiger partial charge is 0.462 e. The van der Waals surface area contributed by atoms with E-state index in [1.165, 1.54) is 6.42 Å². The van der Waals surface area contributed by atoms with Gasteiger partial charge in [-0.15, -0.1) is 0 Å². The Labute approximate surface area is 420 Å². The van der Waals surface area contributed by atoms with E-state index in [1.54, 1.807) is 0 Å². The van der Waals surface area contributed by atoms with Crippen LogP contribution in [0.2, 0.25) is 0 Å². The van der Waals surface area contributed by atoms with Crippen molar-refractivity contribution in [2.24, 2.45) is 0 Å². The number of hydrogen-bond donors (Lipinski definition) is 0. The minimum absolute atomic E-state index is 0.145. The van der Waals surface area contributed by atoms with E-state index >= 15 is 0 Å². The second-order valence-corrected chi connectivity index (χ2v) is 16.2. The van der Waals surface area contributed by atoms with Crippen LogP contribution < -0.4 is 0 Å². The van der Waals surface area contributed by atoms with Crippen molar-refractivity contribution in [3.63, 3.8) is 0 Å². The van der Waals surface area contributed by atoms with Gasteiger partial charge in [0.05, 0.1) is 0 Å². The third kappa shape index (κ3) is 53.1. The minimum atomic E-state index is -0.855. The molecule has 69 heavy (non-hydrogen) atoms. The molecule has 0 N–H and O–H groups in total. The molecule has 0 spiro atoms. The molecule has 0 aromatic carbocycles. The van der Waals surface area contributed by atoms with Crippen LogP contribution >= 0.6 is 0 Å². The lowest BCUT2D eigenvalue weighted by Crippen LogP contribution is -2.30. The molecular weight excluding hydrogens is 853 g/mol. The summed E-state index contributed by atoms with van der Waals surface area (Å²) in [6, 6.07) is 0. The standard InChI is InChI=1S/C63H90O6/c1-4-7-10-13-16-19-22-25-28-31-33-35-38-41-44-47-50-53-56-62(65)68-59-60(58-67-61(64)55-52-49-46-43-40-37-34-30-27-24-21-18-15-12-9-6-3)69-63(66)57-54-51-48-45-42-39-36-32-29-26-23-20-17-14-11-8-5-2/h8-14,16-23,25-33,35-37,39-40,42,46,49,60H,4-7,15,24,34,38,41,43-45,47-48,50-59H2,1-3H3/b11-8-,12-9-,13-10-,17-14-,19-16-,21-18-,23-20-,25-22-,29-26-,30-27-,31-28-,35-33-,36-32+,40-37-,42-39-,49-46-. The van der Waals surface area contributed by atoms with Crippen LogP contribution in [0.3, 0.4) is 0 Å². The average Bonchev–Trinajstić information content (AvgIpc) is 3.35. The summed E-state index contributed by atoms with van der Waals surface area (Å²) in [6.07, 6.45) is 84.1. The molecule has 1 atom stereocenters. The molecule has 0 amide bonds. The van der Waals surface area contributed by atoms with E-state index in [4.69, 9.17) is 14.2 Å². The van der Waals surface area contributed by atoms with Crippen LogP contribution in [0.15, 0.2) is 194 Å². The van der Waals surface area contributed by atoms with Gasteiger partial charge in [0, 0.05) is 19.3 Å². The first-order valence-electron chi connectivity index (χ1n) is 26.1. The van der Waals surface area contributed by atoms with Gasteiger partial charge in [-0.25, -0.2) is 0 Å². The summed E-state index contributed by atoms with van der Waals surface area (Å²) in [5.74, 6) is -1.12. The lowest BCUT2D eigenvalue weighted by atomic mass is 10.1. The fourth-order valence-corrected chi connectivity index (χ4v) is 6.02. The maximum atomic E-state index is 12.8. The zero-order valence-corrected chi connectivity index (χ0v) is 43.0. The maximum absolute atomic E-state index is 12.8. The Kier molecular flexibility index (Phi) is 50.3. The highest BCUT2D eigenvalue weighted by Gasteiger charge is 2.19. The van der Waals surface area contributed by atoms with E-state index in [2.05, 4.69) is 106 Å². The van der Waals surface area contributed by atoms with E-state index in [0.29, 0.717) is 19.3 Å². The average molecular weight is 943 g/mol. The Hall–Kier alpha value is -5.75. The van der Waals surface area contributed by atoms with Gasteiger partial charge in [0.1, 0.15) is 13.2 Å². The van der Waals surface area contributed by atoms with Crippen LogP contribution in [0.4, 0.5) is 0 Å². The summed E-state index contributed by atoms with van der Waals surface area (Å²) in [5.41, 5.74) is 0. The predicted octanol–water partition coefficient (Wildman–Crippen LogP) is 17.5. The number of rotatable bonds is 43. The number of unbranched alkanes of at least 4 members (excludes halogenated alkanes) is 9. The van der Waals surface area contributed by atoms with Crippen molar-refractivity contribution in [3.8, 4) is 0 Å². The molecule has 378 valence electrons. The zero-order valence-electron chi connectivity index (χ0n) is 43.0. The van der Waals surface area contributed by atoms with Crippen LogP contribution in [-0.2, 0) is 28.6 Å². The molecule has 6 nitrogen and oxygen atoms in total. The maximum Gasteiger partial charge on any atom is 0.306 e. The van der Waals surface area contributed by atoms with Crippen molar-refractivity contribution < 1.29 is 28.6 Å². The van der Waals surface area contributed by atoms with Crippen LogP contribution in [-0.4, -0.2) is 37.2 Å². The first kappa shape index (κ1) is 63.2. The summed E-state index contributed by atoms with van der Waals surface area (Å²) in [5, 5.41) is 0. The summed E-state index contributed by atoms with van der Waals surface area (Å²) >= 11 is 0. The molecule has 0 bridgehead atoms. The number of allylic oxidation sites excluding steroid dienone is 32. The van der Waals surface area contributed by atoms with Crippen LogP contribution in [0.5, 0.6) is 0 Å². The molecule has 0 fully saturated rings. The van der Waals surface area contributed by atoms with E-state index < -0.39 is 6.10 Å². The van der Waals surface area contributed by atoms with Gasteiger partial charge in [-0.3, -0.25) is 14.4 Å². The second kappa shape index (κ2) is 54.9. The Morgan fingerprint density at radius 3 is 1.13 bits per heavy atom. The molecule has 0 aromatic rings. The van der Waals surface area contributed by atoms with Crippen molar-refractivity contribution in [3.05, 3.63) is 194 Å². The van der Waals surface area contributed by atoms with E-state index in [0.717, 1.165) is 103 Å². The molecular formula is C63H90O6. The predicted molar refractivity (Wildman–Crippen MR) is 297 cm³/mol. The van der Waals surface area contributed by atoms with Gasteiger partial charge in [0.15, 0.2) is 6.10 Å². The highest BCUT2D eigenvalue weighted by Crippen LogP contribution is 2.11. The molecule has 6 heteroatoms. The van der Waals surface area contributed by atoms with Gasteiger partial charge >= 0.3 is 17.9 Å². The third-order valence-corrected chi connectivity index (χ3v) is 9.85. The molecule has 0 saturated heterocycles. The Balaban J connectivity index is 4.70. The Bertz CT molecular complexity index is 1750. The molecule has 0 saturated carbocycles.